The van der Waals surface area contributed by atoms with Gasteiger partial charge in [0.15, 0.2) is 0 Å². The molecule has 0 heterocycles. The Labute approximate surface area is 124 Å². The number of nitrogens with zero attached hydrogens (tertiary/aromatic N) is 2. The van der Waals surface area contributed by atoms with Crippen molar-refractivity contribution in [3.8, 4) is 0 Å². The van der Waals surface area contributed by atoms with Crippen LogP contribution in [0.1, 0.15) is 41.0 Å². The van der Waals surface area contributed by atoms with Gasteiger partial charge in [-0.2, -0.15) is 0 Å². The first-order valence-corrected chi connectivity index (χ1v) is 7.88. The van der Waals surface area contributed by atoms with E-state index in [0.717, 1.165) is 39.1 Å². The molecule has 5 nitrogen and oxygen atoms in total. The minimum absolute atomic E-state index is 0.186. The number of aliphatic carboxylic acids is 1. The Morgan fingerprint density at radius 1 is 1.05 bits per heavy atom. The average molecular weight is 287 g/mol. The summed E-state index contributed by atoms with van der Waals surface area (Å²) in [6.07, 6.45) is 1.09. The molecule has 20 heavy (non-hydrogen) atoms. The van der Waals surface area contributed by atoms with Crippen LogP contribution < -0.4 is 5.32 Å². The summed E-state index contributed by atoms with van der Waals surface area (Å²) >= 11 is 0. The van der Waals surface area contributed by atoms with Gasteiger partial charge in [0, 0.05) is 12.6 Å². The van der Waals surface area contributed by atoms with Crippen molar-refractivity contribution in [2.24, 2.45) is 0 Å². The molecule has 0 rings (SSSR count). The monoisotopic (exact) mass is 287 g/mol. The van der Waals surface area contributed by atoms with E-state index in [1.807, 2.05) is 13.8 Å². The van der Waals surface area contributed by atoms with Gasteiger partial charge in [0.1, 0.15) is 6.04 Å². The van der Waals surface area contributed by atoms with E-state index in [1.165, 1.54) is 0 Å². The van der Waals surface area contributed by atoms with Gasteiger partial charge in [-0.1, -0.05) is 34.6 Å². The molecule has 0 aromatic rings. The lowest BCUT2D eigenvalue weighted by Gasteiger charge is -2.27. The van der Waals surface area contributed by atoms with Crippen molar-refractivity contribution >= 4 is 5.97 Å². The number of hydrogen-bond acceptors (Lipinski definition) is 4. The van der Waals surface area contributed by atoms with Crippen molar-refractivity contribution in [2.45, 2.75) is 53.1 Å². The summed E-state index contributed by atoms with van der Waals surface area (Å²) in [5.41, 5.74) is 0. The van der Waals surface area contributed by atoms with Gasteiger partial charge in [-0.3, -0.25) is 4.79 Å². The van der Waals surface area contributed by atoms with Gasteiger partial charge in [-0.15, -0.1) is 0 Å². The maximum atomic E-state index is 11.3. The van der Waals surface area contributed by atoms with E-state index >= 15 is 0 Å². The third-order valence-corrected chi connectivity index (χ3v) is 3.56. The molecule has 2 N–H and O–H groups in total. The first-order chi connectivity index (χ1) is 9.44. The van der Waals surface area contributed by atoms with E-state index in [4.69, 9.17) is 0 Å². The molecule has 5 heteroatoms. The molecule has 1 unspecified atom stereocenters. The summed E-state index contributed by atoms with van der Waals surface area (Å²) in [6.45, 7) is 16.1. The highest BCUT2D eigenvalue weighted by molar-refractivity contribution is 5.73. The van der Waals surface area contributed by atoms with Gasteiger partial charge in [-0.25, -0.2) is 0 Å². The van der Waals surface area contributed by atoms with Gasteiger partial charge in [0.2, 0.25) is 0 Å². The van der Waals surface area contributed by atoms with E-state index in [1.54, 1.807) is 0 Å². The van der Waals surface area contributed by atoms with E-state index in [2.05, 4.69) is 35.9 Å². The zero-order chi connectivity index (χ0) is 15.5. The summed E-state index contributed by atoms with van der Waals surface area (Å²) in [6, 6.07) is -0.297. The summed E-state index contributed by atoms with van der Waals surface area (Å²) in [5.74, 6) is -0.763. The molecule has 0 aromatic carbocycles. The number of nitrogens with one attached hydrogen (secondary N) is 1. The van der Waals surface area contributed by atoms with Crippen LogP contribution in [0.25, 0.3) is 0 Å². The van der Waals surface area contributed by atoms with Crippen molar-refractivity contribution in [1.82, 2.24) is 15.1 Å². The number of rotatable bonds is 12. The minimum atomic E-state index is -0.763. The number of carboxylic acids is 1. The SMILES string of the molecule is CCN(CC)CCCN(CC)CC(NC(C)C)C(=O)O. The van der Waals surface area contributed by atoms with Crippen LogP contribution in [0.3, 0.4) is 0 Å². The highest BCUT2D eigenvalue weighted by Gasteiger charge is 2.20. The lowest BCUT2D eigenvalue weighted by atomic mass is 10.2. The highest BCUT2D eigenvalue weighted by Crippen LogP contribution is 1.99. The molecule has 0 aromatic heterocycles. The largest absolute Gasteiger partial charge is 0.480 e. The van der Waals surface area contributed by atoms with E-state index in [9.17, 15) is 9.90 Å². The zero-order valence-electron chi connectivity index (χ0n) is 13.9. The Hall–Kier alpha value is -0.650. The summed E-state index contributed by atoms with van der Waals surface area (Å²) in [7, 11) is 0. The Bertz CT molecular complexity index is 256. The van der Waals surface area contributed by atoms with Crippen LogP contribution in [0, 0.1) is 0 Å². The molecule has 120 valence electrons. The Kier molecular flexibility index (Phi) is 10.7. The van der Waals surface area contributed by atoms with Gasteiger partial charge < -0.3 is 20.2 Å². The molecule has 0 saturated carbocycles. The van der Waals surface area contributed by atoms with Crippen molar-refractivity contribution in [2.75, 3.05) is 39.3 Å². The normalized spacial score (nSPS) is 13.4. The van der Waals surface area contributed by atoms with Gasteiger partial charge >= 0.3 is 5.97 Å². The lowest BCUT2D eigenvalue weighted by molar-refractivity contribution is -0.140. The van der Waals surface area contributed by atoms with Crippen molar-refractivity contribution in [1.29, 1.82) is 0 Å². The van der Waals surface area contributed by atoms with Crippen LogP contribution in [-0.2, 0) is 4.79 Å². The van der Waals surface area contributed by atoms with E-state index in [-0.39, 0.29) is 6.04 Å². The minimum Gasteiger partial charge on any atom is -0.480 e. The number of likely N-dealkylation sites (N-methyl/N-ethyl adjacent to an activating group) is 1. The quantitative estimate of drug-likeness (QED) is 0.569. The second-order valence-corrected chi connectivity index (χ2v) is 5.49. The maximum Gasteiger partial charge on any atom is 0.322 e. The van der Waals surface area contributed by atoms with Gasteiger partial charge in [0.05, 0.1) is 0 Å². The third-order valence-electron chi connectivity index (χ3n) is 3.56. The zero-order valence-corrected chi connectivity index (χ0v) is 13.9. The smallest absolute Gasteiger partial charge is 0.322 e. The van der Waals surface area contributed by atoms with Crippen LogP contribution in [0.4, 0.5) is 0 Å². The molecule has 0 fully saturated rings. The molecular weight excluding hydrogens is 254 g/mol. The third kappa shape index (κ3) is 8.51. The summed E-state index contributed by atoms with van der Waals surface area (Å²) < 4.78 is 0. The second-order valence-electron chi connectivity index (χ2n) is 5.49. The highest BCUT2D eigenvalue weighted by atomic mass is 16.4. The van der Waals surface area contributed by atoms with Gasteiger partial charge in [-0.05, 0) is 39.1 Å². The first-order valence-electron chi connectivity index (χ1n) is 7.88. The Morgan fingerprint density at radius 3 is 1.95 bits per heavy atom. The van der Waals surface area contributed by atoms with Crippen LogP contribution in [0.2, 0.25) is 0 Å². The standard InChI is InChI=1S/C15H33N3O2/c1-6-17(7-2)10-9-11-18(8-3)12-14(15(19)20)16-13(4)5/h13-14,16H,6-12H2,1-5H3,(H,19,20). The predicted molar refractivity (Wildman–Crippen MR) is 84.2 cm³/mol. The van der Waals surface area contributed by atoms with Crippen molar-refractivity contribution in [3.63, 3.8) is 0 Å². The van der Waals surface area contributed by atoms with Crippen molar-refractivity contribution < 1.29 is 9.90 Å². The topological polar surface area (TPSA) is 55.8 Å². The predicted octanol–water partition coefficient (Wildman–Crippen LogP) is 1.49. The molecule has 0 spiro atoms. The molecule has 0 saturated heterocycles. The van der Waals surface area contributed by atoms with Gasteiger partial charge in [0.25, 0.3) is 0 Å². The molecule has 0 bridgehead atoms. The molecule has 0 amide bonds. The molecule has 1 atom stereocenters. The van der Waals surface area contributed by atoms with Crippen molar-refractivity contribution in [3.05, 3.63) is 0 Å². The number of hydrogen-bond donors (Lipinski definition) is 2. The van der Waals surface area contributed by atoms with E-state index < -0.39 is 12.0 Å². The molecule has 0 aliphatic heterocycles. The fourth-order valence-corrected chi connectivity index (χ4v) is 2.30. The Balaban J connectivity index is 4.20. The number of carboxylic acid groups (broad SMARTS) is 1. The van der Waals surface area contributed by atoms with Crippen LogP contribution in [0.15, 0.2) is 0 Å². The van der Waals surface area contributed by atoms with Crippen LogP contribution in [-0.4, -0.2) is 72.2 Å². The lowest BCUT2D eigenvalue weighted by Crippen LogP contribution is -2.49. The maximum absolute atomic E-state index is 11.3. The first kappa shape index (κ1) is 19.4. The fraction of sp³-hybridized carbons (Fsp3) is 0.933. The summed E-state index contributed by atoms with van der Waals surface area (Å²) in [4.78, 5) is 15.9. The fourth-order valence-electron chi connectivity index (χ4n) is 2.30. The molecular formula is C15H33N3O2. The van der Waals surface area contributed by atoms with Crippen LogP contribution in [0.5, 0.6) is 0 Å². The number of carbonyl (C=O) groups is 1. The molecule has 0 aliphatic carbocycles. The Morgan fingerprint density at radius 2 is 1.55 bits per heavy atom. The summed E-state index contributed by atoms with van der Waals surface area (Å²) in [5, 5.41) is 12.4. The molecule has 0 aliphatic rings. The van der Waals surface area contributed by atoms with Crippen LogP contribution >= 0.6 is 0 Å². The second kappa shape index (κ2) is 11.1. The molecule has 0 radical (unpaired) electrons. The van der Waals surface area contributed by atoms with E-state index in [0.29, 0.717) is 6.54 Å². The average Bonchev–Trinajstić information content (AvgIpc) is 2.40.